The second-order valence-electron chi connectivity index (χ2n) is 5.77. The molecule has 0 aliphatic heterocycles. The third kappa shape index (κ3) is 2.73. The Hall–Kier alpha value is -2.56. The molecule has 0 bridgehead atoms. The minimum atomic E-state index is 0.643. The summed E-state index contributed by atoms with van der Waals surface area (Å²) in [4.78, 5) is 4.61. The van der Waals surface area contributed by atoms with E-state index in [1.54, 1.807) is 10.9 Å². The van der Waals surface area contributed by atoms with Crippen molar-refractivity contribution in [3.63, 3.8) is 0 Å². The van der Waals surface area contributed by atoms with Gasteiger partial charge >= 0.3 is 0 Å². The third-order valence-electron chi connectivity index (χ3n) is 4.12. The van der Waals surface area contributed by atoms with Crippen molar-refractivity contribution >= 4 is 39.9 Å². The van der Waals surface area contributed by atoms with Crippen LogP contribution in [0.5, 0.6) is 0 Å². The summed E-state index contributed by atoms with van der Waals surface area (Å²) in [5, 5.41) is 6.77. The molecule has 0 atom stereocenters. The van der Waals surface area contributed by atoms with E-state index < -0.39 is 0 Å². The lowest BCUT2D eigenvalue weighted by Gasteiger charge is -2.08. The summed E-state index contributed by atoms with van der Waals surface area (Å²) in [6.45, 7) is 1.92. The Morgan fingerprint density at radius 2 is 1.76 bits per heavy atom. The van der Waals surface area contributed by atoms with Gasteiger partial charge in [-0.25, -0.2) is 9.67 Å². The first-order chi connectivity index (χ1) is 12.0. The highest BCUT2D eigenvalue weighted by Gasteiger charge is 2.16. The van der Waals surface area contributed by atoms with Crippen LogP contribution in [-0.2, 0) is 0 Å². The fourth-order valence-corrected chi connectivity index (χ4v) is 3.24. The molecule has 2 aromatic carbocycles. The van der Waals surface area contributed by atoms with Crippen LogP contribution < -0.4 is 5.73 Å². The van der Waals surface area contributed by atoms with Gasteiger partial charge in [0.25, 0.3) is 0 Å². The molecule has 4 aromatic rings. The molecule has 25 heavy (non-hydrogen) atoms. The minimum Gasteiger partial charge on any atom is -0.398 e. The second-order valence-corrected chi connectivity index (χ2v) is 6.64. The number of nitrogen functional groups attached to an aromatic ring is 1. The van der Waals surface area contributed by atoms with Gasteiger partial charge in [0.2, 0.25) is 0 Å². The lowest BCUT2D eigenvalue weighted by molar-refractivity contribution is 0.878. The molecular formula is C19H14Cl2N4. The summed E-state index contributed by atoms with van der Waals surface area (Å²) >= 11 is 12.1. The number of nitrogens with zero attached hydrogens (tertiary/aromatic N) is 3. The van der Waals surface area contributed by atoms with Gasteiger partial charge in [0, 0.05) is 21.8 Å². The number of pyridine rings is 1. The molecule has 0 aliphatic rings. The average molecular weight is 369 g/mol. The van der Waals surface area contributed by atoms with Crippen LogP contribution in [0.4, 0.5) is 5.69 Å². The number of rotatable bonds is 2. The van der Waals surface area contributed by atoms with Crippen molar-refractivity contribution in [3.8, 4) is 16.8 Å². The van der Waals surface area contributed by atoms with Crippen molar-refractivity contribution in [1.82, 2.24) is 14.8 Å². The first-order valence-electron chi connectivity index (χ1n) is 7.70. The van der Waals surface area contributed by atoms with Crippen LogP contribution in [0, 0.1) is 6.92 Å². The fraction of sp³-hybridized carbons (Fsp3) is 0.0526. The highest BCUT2D eigenvalue weighted by Crippen LogP contribution is 2.34. The molecule has 0 saturated carbocycles. The fourth-order valence-electron chi connectivity index (χ4n) is 2.93. The minimum absolute atomic E-state index is 0.643. The van der Waals surface area contributed by atoms with Crippen LogP contribution in [0.15, 0.2) is 54.7 Å². The number of nitrogens with two attached hydrogens (primary N) is 1. The molecule has 0 aliphatic carbocycles. The Morgan fingerprint density at radius 3 is 2.48 bits per heavy atom. The molecule has 2 aromatic heterocycles. The maximum absolute atomic E-state index is 6.46. The first-order valence-corrected chi connectivity index (χ1v) is 8.46. The maximum Gasteiger partial charge on any atom is 0.165 e. The van der Waals surface area contributed by atoms with Gasteiger partial charge in [0.05, 0.1) is 22.5 Å². The molecule has 0 fully saturated rings. The molecule has 2 N–H and O–H groups in total. The van der Waals surface area contributed by atoms with E-state index in [1.165, 1.54) is 0 Å². The number of aryl methyl sites for hydroxylation is 1. The van der Waals surface area contributed by atoms with Gasteiger partial charge in [0.1, 0.15) is 0 Å². The number of anilines is 1. The largest absolute Gasteiger partial charge is 0.398 e. The van der Waals surface area contributed by atoms with E-state index in [2.05, 4.69) is 10.1 Å². The molecule has 0 spiro atoms. The quantitative estimate of drug-likeness (QED) is 0.523. The molecule has 4 rings (SSSR count). The van der Waals surface area contributed by atoms with Crippen molar-refractivity contribution in [1.29, 1.82) is 0 Å². The molecule has 0 amide bonds. The van der Waals surface area contributed by atoms with Gasteiger partial charge in [-0.2, -0.15) is 5.10 Å². The van der Waals surface area contributed by atoms with Crippen LogP contribution in [0.1, 0.15) is 5.69 Å². The Bertz CT molecular complexity index is 1080. The molecular weight excluding hydrogens is 355 g/mol. The van der Waals surface area contributed by atoms with E-state index >= 15 is 0 Å². The van der Waals surface area contributed by atoms with Crippen LogP contribution >= 0.6 is 23.2 Å². The highest BCUT2D eigenvalue weighted by atomic mass is 35.5. The SMILES string of the molecule is Cc1nn(-c2cccc(Cl)c2)c2ncc(-c3ccc(Cl)cc3)c(N)c12. The smallest absolute Gasteiger partial charge is 0.165 e. The molecule has 6 heteroatoms. The number of benzene rings is 2. The van der Waals surface area contributed by atoms with E-state index in [0.29, 0.717) is 21.4 Å². The topological polar surface area (TPSA) is 56.7 Å². The number of aromatic nitrogens is 3. The van der Waals surface area contributed by atoms with Crippen molar-refractivity contribution in [2.45, 2.75) is 6.92 Å². The summed E-state index contributed by atoms with van der Waals surface area (Å²) in [5.41, 5.74) is 11.3. The second kappa shape index (κ2) is 6.06. The molecule has 4 nitrogen and oxygen atoms in total. The van der Waals surface area contributed by atoms with Crippen molar-refractivity contribution in [2.75, 3.05) is 5.73 Å². The number of fused-ring (bicyclic) bond motifs is 1. The summed E-state index contributed by atoms with van der Waals surface area (Å²) in [5.74, 6) is 0. The van der Waals surface area contributed by atoms with E-state index in [0.717, 1.165) is 27.9 Å². The summed E-state index contributed by atoms with van der Waals surface area (Å²) in [6.07, 6.45) is 1.77. The van der Waals surface area contributed by atoms with Crippen LogP contribution in [-0.4, -0.2) is 14.8 Å². The van der Waals surface area contributed by atoms with Gasteiger partial charge in [-0.1, -0.05) is 41.4 Å². The van der Waals surface area contributed by atoms with Gasteiger partial charge in [-0.15, -0.1) is 0 Å². The average Bonchev–Trinajstić information content (AvgIpc) is 2.94. The molecule has 0 saturated heterocycles. The standard InChI is InChI=1S/C19H14Cl2N4/c1-11-17-18(22)16(12-5-7-13(20)8-6-12)10-23-19(17)25(24-11)15-4-2-3-14(21)9-15/h2-10H,1H3,(H2,22,23). The number of hydrogen-bond acceptors (Lipinski definition) is 3. The van der Waals surface area contributed by atoms with E-state index in [4.69, 9.17) is 28.9 Å². The normalized spacial score (nSPS) is 11.2. The Kier molecular flexibility index (Phi) is 3.86. The zero-order valence-electron chi connectivity index (χ0n) is 13.4. The summed E-state index contributed by atoms with van der Waals surface area (Å²) in [7, 11) is 0. The van der Waals surface area contributed by atoms with Crippen LogP contribution in [0.3, 0.4) is 0 Å². The van der Waals surface area contributed by atoms with Gasteiger partial charge < -0.3 is 5.73 Å². The maximum atomic E-state index is 6.46. The lowest BCUT2D eigenvalue weighted by atomic mass is 10.0. The summed E-state index contributed by atoms with van der Waals surface area (Å²) in [6, 6.07) is 15.0. The predicted molar refractivity (Wildman–Crippen MR) is 103 cm³/mol. The van der Waals surface area contributed by atoms with E-state index in [9.17, 15) is 0 Å². The Balaban J connectivity index is 1.94. The van der Waals surface area contributed by atoms with Crippen LogP contribution in [0.2, 0.25) is 10.0 Å². The zero-order chi connectivity index (χ0) is 17.6. The van der Waals surface area contributed by atoms with E-state index in [1.807, 2.05) is 55.5 Å². The predicted octanol–water partition coefficient (Wildman–Crippen LogP) is 5.28. The van der Waals surface area contributed by atoms with Gasteiger partial charge in [-0.3, -0.25) is 0 Å². The van der Waals surface area contributed by atoms with E-state index in [-0.39, 0.29) is 0 Å². The molecule has 2 heterocycles. The number of halogens is 2. The Labute approximate surface area is 154 Å². The third-order valence-corrected chi connectivity index (χ3v) is 4.61. The lowest BCUT2D eigenvalue weighted by Crippen LogP contribution is -1.99. The zero-order valence-corrected chi connectivity index (χ0v) is 14.9. The summed E-state index contributed by atoms with van der Waals surface area (Å²) < 4.78 is 1.76. The monoisotopic (exact) mass is 368 g/mol. The van der Waals surface area contributed by atoms with Crippen molar-refractivity contribution in [2.24, 2.45) is 0 Å². The number of hydrogen-bond donors (Lipinski definition) is 1. The molecule has 0 unspecified atom stereocenters. The first kappa shape index (κ1) is 15.9. The molecule has 124 valence electrons. The Morgan fingerprint density at radius 1 is 1.00 bits per heavy atom. The highest BCUT2D eigenvalue weighted by molar-refractivity contribution is 6.31. The van der Waals surface area contributed by atoms with Crippen LogP contribution in [0.25, 0.3) is 27.8 Å². The van der Waals surface area contributed by atoms with Crippen molar-refractivity contribution in [3.05, 3.63) is 70.5 Å². The van der Waals surface area contributed by atoms with Gasteiger partial charge in [-0.05, 0) is 42.8 Å². The molecule has 0 radical (unpaired) electrons. The van der Waals surface area contributed by atoms with Gasteiger partial charge in [0.15, 0.2) is 5.65 Å². The van der Waals surface area contributed by atoms with Crippen molar-refractivity contribution < 1.29 is 0 Å².